The van der Waals surface area contributed by atoms with E-state index >= 15 is 0 Å². The van der Waals surface area contributed by atoms with Crippen LogP contribution in [0.3, 0.4) is 0 Å². The molecule has 0 atom stereocenters. The zero-order valence-corrected chi connectivity index (χ0v) is 13.3. The van der Waals surface area contributed by atoms with Crippen LogP contribution < -0.4 is 5.32 Å². The Bertz CT molecular complexity index is 581. The van der Waals surface area contributed by atoms with E-state index < -0.39 is 10.0 Å². The Morgan fingerprint density at radius 3 is 2.60 bits per heavy atom. The Labute approximate surface area is 126 Å². The molecular weight excluding hydrogens is 324 g/mol. The van der Waals surface area contributed by atoms with Crippen LogP contribution in [-0.4, -0.2) is 53.7 Å². The number of hydrogen-bond donors (Lipinski definition) is 1. The minimum Gasteiger partial charge on any atom is -0.347 e. The van der Waals surface area contributed by atoms with Crippen LogP contribution in [0.25, 0.3) is 0 Å². The molecule has 0 spiro atoms. The standard InChI is InChI=1S/C10H15ClN4O3S2/c1-2-20(17,18)15-5-3-7(4-6-15)12-8(16)9-13-14-10(11)19-9/h7H,2-6H2,1H3,(H,12,16). The van der Waals surface area contributed by atoms with Gasteiger partial charge in [0.15, 0.2) is 0 Å². The third-order valence-electron chi connectivity index (χ3n) is 3.14. The smallest absolute Gasteiger partial charge is 0.282 e. The van der Waals surface area contributed by atoms with Gasteiger partial charge in [0, 0.05) is 19.1 Å². The molecule has 2 rings (SSSR count). The Hall–Kier alpha value is -0.770. The summed E-state index contributed by atoms with van der Waals surface area (Å²) in [6.07, 6.45) is 1.19. The van der Waals surface area contributed by atoms with Crippen LogP contribution in [0.4, 0.5) is 0 Å². The monoisotopic (exact) mass is 338 g/mol. The van der Waals surface area contributed by atoms with E-state index in [2.05, 4.69) is 15.5 Å². The van der Waals surface area contributed by atoms with Crippen LogP contribution in [0, 0.1) is 0 Å². The van der Waals surface area contributed by atoms with Crippen LogP contribution in [0.1, 0.15) is 29.6 Å². The first-order valence-corrected chi connectivity index (χ1v) is 9.00. The average Bonchev–Trinajstić information content (AvgIpc) is 2.86. The molecule has 1 N–H and O–H groups in total. The fraction of sp³-hybridized carbons (Fsp3) is 0.700. The van der Waals surface area contributed by atoms with Crippen LogP contribution in [0.15, 0.2) is 0 Å². The molecule has 0 saturated carbocycles. The van der Waals surface area contributed by atoms with Gasteiger partial charge in [-0.1, -0.05) is 11.3 Å². The third-order valence-corrected chi connectivity index (χ3v) is 6.04. The van der Waals surface area contributed by atoms with Crippen molar-refractivity contribution in [3.63, 3.8) is 0 Å². The van der Waals surface area contributed by atoms with E-state index in [4.69, 9.17) is 11.6 Å². The summed E-state index contributed by atoms with van der Waals surface area (Å²) in [6.45, 7) is 2.48. The molecule has 0 radical (unpaired) electrons. The van der Waals surface area contributed by atoms with Crippen molar-refractivity contribution in [3.8, 4) is 0 Å². The molecule has 1 amide bonds. The molecule has 2 heterocycles. The highest BCUT2D eigenvalue weighted by Gasteiger charge is 2.28. The Morgan fingerprint density at radius 1 is 1.45 bits per heavy atom. The highest BCUT2D eigenvalue weighted by Crippen LogP contribution is 2.17. The van der Waals surface area contributed by atoms with Gasteiger partial charge in [0.25, 0.3) is 5.91 Å². The Balaban J connectivity index is 1.87. The molecule has 0 unspecified atom stereocenters. The predicted molar refractivity (Wildman–Crippen MR) is 76.4 cm³/mol. The van der Waals surface area contributed by atoms with Gasteiger partial charge in [0.2, 0.25) is 19.5 Å². The van der Waals surface area contributed by atoms with E-state index in [0.717, 1.165) is 11.3 Å². The molecule has 1 saturated heterocycles. The SMILES string of the molecule is CCS(=O)(=O)N1CCC(NC(=O)c2nnc(Cl)s2)CC1. The Morgan fingerprint density at radius 2 is 2.10 bits per heavy atom. The predicted octanol–water partition coefficient (Wildman–Crippen LogP) is 0.735. The zero-order valence-electron chi connectivity index (χ0n) is 10.9. The molecule has 1 aliphatic heterocycles. The molecule has 20 heavy (non-hydrogen) atoms. The summed E-state index contributed by atoms with van der Waals surface area (Å²) in [4.78, 5) is 11.9. The topological polar surface area (TPSA) is 92.3 Å². The molecule has 0 bridgehead atoms. The maximum absolute atomic E-state index is 11.9. The van der Waals surface area contributed by atoms with Crippen molar-refractivity contribution in [2.75, 3.05) is 18.8 Å². The van der Waals surface area contributed by atoms with Crippen LogP contribution in [0.2, 0.25) is 4.47 Å². The van der Waals surface area contributed by atoms with Crippen molar-refractivity contribution in [1.82, 2.24) is 19.8 Å². The second-order valence-corrected chi connectivity index (χ2v) is 8.22. The first kappa shape index (κ1) is 15.6. The van der Waals surface area contributed by atoms with E-state index in [9.17, 15) is 13.2 Å². The zero-order chi connectivity index (χ0) is 14.8. The first-order valence-electron chi connectivity index (χ1n) is 6.20. The quantitative estimate of drug-likeness (QED) is 0.874. The van der Waals surface area contributed by atoms with Crippen LogP contribution in [0.5, 0.6) is 0 Å². The number of sulfonamides is 1. The number of carbonyl (C=O) groups excluding carboxylic acids is 1. The summed E-state index contributed by atoms with van der Waals surface area (Å²) in [5, 5.41) is 10.3. The summed E-state index contributed by atoms with van der Waals surface area (Å²) in [7, 11) is -3.14. The van der Waals surface area contributed by atoms with E-state index in [1.54, 1.807) is 6.92 Å². The van der Waals surface area contributed by atoms with E-state index in [1.165, 1.54) is 4.31 Å². The average molecular weight is 339 g/mol. The number of carbonyl (C=O) groups is 1. The summed E-state index contributed by atoms with van der Waals surface area (Å²) in [6, 6.07) is -0.0477. The third kappa shape index (κ3) is 3.66. The Kier molecular flexibility index (Phi) is 4.95. The minimum absolute atomic E-state index is 0.0477. The molecule has 7 nitrogen and oxygen atoms in total. The lowest BCUT2D eigenvalue weighted by Crippen LogP contribution is -2.46. The number of hydrogen-bond acceptors (Lipinski definition) is 6. The number of halogens is 1. The number of aromatic nitrogens is 2. The van der Waals surface area contributed by atoms with Gasteiger partial charge in [0.1, 0.15) is 0 Å². The van der Waals surface area contributed by atoms with Crippen LogP contribution >= 0.6 is 22.9 Å². The van der Waals surface area contributed by atoms with E-state index in [0.29, 0.717) is 25.9 Å². The van der Waals surface area contributed by atoms with Gasteiger partial charge >= 0.3 is 0 Å². The molecule has 1 aromatic heterocycles. The van der Waals surface area contributed by atoms with Gasteiger partial charge in [-0.05, 0) is 31.4 Å². The number of piperidine rings is 1. The molecule has 0 aliphatic carbocycles. The van der Waals surface area contributed by atoms with Gasteiger partial charge in [-0.2, -0.15) is 0 Å². The molecule has 1 fully saturated rings. The molecule has 112 valence electrons. The normalized spacial score (nSPS) is 18.1. The molecule has 1 aromatic rings. The van der Waals surface area contributed by atoms with Crippen molar-refractivity contribution in [2.45, 2.75) is 25.8 Å². The second kappa shape index (κ2) is 6.33. The summed E-state index contributed by atoms with van der Waals surface area (Å²) < 4.78 is 25.1. The molecule has 10 heteroatoms. The first-order chi connectivity index (χ1) is 9.42. The van der Waals surface area contributed by atoms with E-state index in [-0.39, 0.29) is 27.2 Å². The van der Waals surface area contributed by atoms with Crippen LogP contribution in [-0.2, 0) is 10.0 Å². The number of rotatable bonds is 4. The van der Waals surface area contributed by atoms with Crippen molar-refractivity contribution in [2.24, 2.45) is 0 Å². The summed E-state index contributed by atoms with van der Waals surface area (Å²) >= 11 is 6.64. The fourth-order valence-electron chi connectivity index (χ4n) is 2.01. The molecule has 1 aliphatic rings. The van der Waals surface area contributed by atoms with Gasteiger partial charge in [-0.3, -0.25) is 4.79 Å². The van der Waals surface area contributed by atoms with Gasteiger partial charge in [-0.25, -0.2) is 12.7 Å². The minimum atomic E-state index is -3.14. The molecular formula is C10H15ClN4O3S2. The van der Waals surface area contributed by atoms with Gasteiger partial charge in [0.05, 0.1) is 5.75 Å². The van der Waals surface area contributed by atoms with Crippen molar-refractivity contribution in [1.29, 1.82) is 0 Å². The maximum atomic E-state index is 11.9. The fourth-order valence-corrected chi connectivity index (χ4v) is 3.87. The lowest BCUT2D eigenvalue weighted by atomic mass is 10.1. The highest BCUT2D eigenvalue weighted by atomic mass is 35.5. The maximum Gasteiger partial charge on any atom is 0.282 e. The summed E-state index contributed by atoms with van der Waals surface area (Å²) in [5.74, 6) is -0.209. The van der Waals surface area contributed by atoms with Gasteiger partial charge in [-0.15, -0.1) is 10.2 Å². The van der Waals surface area contributed by atoms with Crippen molar-refractivity contribution >= 4 is 38.9 Å². The molecule has 0 aromatic carbocycles. The van der Waals surface area contributed by atoms with Crippen molar-refractivity contribution in [3.05, 3.63) is 9.47 Å². The second-order valence-electron chi connectivity index (χ2n) is 4.41. The lowest BCUT2D eigenvalue weighted by Gasteiger charge is -2.31. The largest absolute Gasteiger partial charge is 0.347 e. The van der Waals surface area contributed by atoms with E-state index in [1.807, 2.05) is 0 Å². The number of amides is 1. The van der Waals surface area contributed by atoms with Crippen molar-refractivity contribution < 1.29 is 13.2 Å². The summed E-state index contributed by atoms with van der Waals surface area (Å²) in [5.41, 5.74) is 0. The highest BCUT2D eigenvalue weighted by molar-refractivity contribution is 7.89. The van der Waals surface area contributed by atoms with Gasteiger partial charge < -0.3 is 5.32 Å². The number of nitrogens with zero attached hydrogens (tertiary/aromatic N) is 3. The lowest BCUT2D eigenvalue weighted by molar-refractivity contribution is 0.0922. The number of nitrogens with one attached hydrogen (secondary N) is 1.